The van der Waals surface area contributed by atoms with Gasteiger partial charge >= 0.3 is 0 Å². The summed E-state index contributed by atoms with van der Waals surface area (Å²) in [4.78, 5) is 12.3. The molecule has 0 spiro atoms. The van der Waals surface area contributed by atoms with E-state index in [-0.39, 0.29) is 10.7 Å². The predicted molar refractivity (Wildman–Crippen MR) is 83.0 cm³/mol. The van der Waals surface area contributed by atoms with E-state index in [1.165, 1.54) is 18.6 Å². The minimum absolute atomic E-state index is 0.0188. The van der Waals surface area contributed by atoms with Crippen molar-refractivity contribution < 1.29 is 4.79 Å². The fourth-order valence-electron chi connectivity index (χ4n) is 2.36. The second kappa shape index (κ2) is 6.33. The molecule has 3 nitrogen and oxygen atoms in total. The molecule has 104 valence electrons. The van der Waals surface area contributed by atoms with Crippen molar-refractivity contribution in [2.75, 3.05) is 24.2 Å². The number of rotatable bonds is 5. The van der Waals surface area contributed by atoms with Crippen LogP contribution in [0.15, 0.2) is 24.3 Å². The Morgan fingerprint density at radius 1 is 1.42 bits per heavy atom. The summed E-state index contributed by atoms with van der Waals surface area (Å²) in [6.45, 7) is 5.83. The molecule has 1 atom stereocenters. The number of para-hydroxylation sites is 1. The Hall–Kier alpha value is -1.16. The maximum Gasteiger partial charge on any atom is 0.253 e. The minimum atomic E-state index is 0.0188. The van der Waals surface area contributed by atoms with Gasteiger partial charge in [0.2, 0.25) is 0 Å². The topological polar surface area (TPSA) is 41.1 Å². The van der Waals surface area contributed by atoms with Gasteiger partial charge < -0.3 is 10.6 Å². The Labute approximate surface area is 119 Å². The summed E-state index contributed by atoms with van der Waals surface area (Å²) in [5, 5.41) is 6.31. The van der Waals surface area contributed by atoms with Gasteiger partial charge in [0, 0.05) is 23.5 Å². The average Bonchev–Trinajstić information content (AvgIpc) is 2.85. The van der Waals surface area contributed by atoms with E-state index in [0.717, 1.165) is 24.3 Å². The first-order chi connectivity index (χ1) is 9.14. The number of amides is 1. The standard InChI is InChI=1S/C15H22N2OS/c1-3-16-13-8-5-4-7-12(13)14(18)17-11-15(2)9-6-10-19-15/h4-5,7-8,16H,3,6,9-11H2,1-2H3,(H,17,18). The van der Waals surface area contributed by atoms with Crippen molar-refractivity contribution in [1.82, 2.24) is 5.32 Å². The molecule has 1 saturated heterocycles. The van der Waals surface area contributed by atoms with E-state index in [0.29, 0.717) is 0 Å². The number of carbonyl (C=O) groups is 1. The maximum atomic E-state index is 12.3. The fourth-order valence-corrected chi connectivity index (χ4v) is 3.61. The number of carbonyl (C=O) groups excluding carboxylic acids is 1. The van der Waals surface area contributed by atoms with E-state index >= 15 is 0 Å². The van der Waals surface area contributed by atoms with E-state index in [4.69, 9.17) is 0 Å². The molecule has 1 aromatic rings. The van der Waals surface area contributed by atoms with Crippen molar-refractivity contribution in [3.8, 4) is 0 Å². The molecule has 1 aliphatic rings. The first-order valence-electron chi connectivity index (χ1n) is 6.90. The van der Waals surface area contributed by atoms with Crippen molar-refractivity contribution in [1.29, 1.82) is 0 Å². The highest BCUT2D eigenvalue weighted by molar-refractivity contribution is 8.00. The first-order valence-corrected chi connectivity index (χ1v) is 7.88. The maximum absolute atomic E-state index is 12.3. The highest BCUT2D eigenvalue weighted by Gasteiger charge is 2.29. The zero-order valence-corrected chi connectivity index (χ0v) is 12.5. The van der Waals surface area contributed by atoms with Gasteiger partial charge in [-0.3, -0.25) is 4.79 Å². The smallest absolute Gasteiger partial charge is 0.253 e. The molecule has 1 aliphatic heterocycles. The summed E-state index contributed by atoms with van der Waals surface area (Å²) in [5.41, 5.74) is 1.64. The van der Waals surface area contributed by atoms with Gasteiger partial charge in [-0.1, -0.05) is 12.1 Å². The highest BCUT2D eigenvalue weighted by atomic mass is 32.2. The van der Waals surface area contributed by atoms with Crippen LogP contribution in [0.1, 0.15) is 37.0 Å². The number of benzene rings is 1. The van der Waals surface area contributed by atoms with Crippen molar-refractivity contribution in [3.05, 3.63) is 29.8 Å². The Bertz CT molecular complexity index is 442. The van der Waals surface area contributed by atoms with Crippen LogP contribution in [0.5, 0.6) is 0 Å². The van der Waals surface area contributed by atoms with Crippen LogP contribution in [-0.2, 0) is 0 Å². The Kier molecular flexibility index (Phi) is 4.75. The second-order valence-electron chi connectivity index (χ2n) is 5.16. The lowest BCUT2D eigenvalue weighted by molar-refractivity contribution is 0.0950. The molecular formula is C15H22N2OS. The molecule has 0 saturated carbocycles. The fraction of sp³-hybridized carbons (Fsp3) is 0.533. The zero-order chi connectivity index (χ0) is 13.7. The third-order valence-corrected chi connectivity index (χ3v) is 5.00. The molecule has 1 fully saturated rings. The molecule has 0 radical (unpaired) electrons. The summed E-state index contributed by atoms with van der Waals surface area (Å²) in [5.74, 6) is 1.23. The van der Waals surface area contributed by atoms with Crippen LogP contribution in [0.3, 0.4) is 0 Å². The van der Waals surface area contributed by atoms with E-state index in [1.54, 1.807) is 0 Å². The normalized spacial score (nSPS) is 22.2. The van der Waals surface area contributed by atoms with E-state index < -0.39 is 0 Å². The minimum Gasteiger partial charge on any atom is -0.385 e. The quantitative estimate of drug-likeness (QED) is 0.869. The summed E-state index contributed by atoms with van der Waals surface area (Å²) < 4.78 is 0.211. The van der Waals surface area contributed by atoms with Crippen molar-refractivity contribution in [2.24, 2.45) is 0 Å². The molecule has 2 rings (SSSR count). The van der Waals surface area contributed by atoms with Crippen LogP contribution >= 0.6 is 11.8 Å². The molecule has 1 heterocycles. The lowest BCUT2D eigenvalue weighted by Gasteiger charge is -2.23. The molecular weight excluding hydrogens is 256 g/mol. The second-order valence-corrected chi connectivity index (χ2v) is 6.84. The number of hydrogen-bond acceptors (Lipinski definition) is 3. The van der Waals surface area contributed by atoms with Gasteiger partial charge in [0.05, 0.1) is 5.56 Å². The number of anilines is 1. The Morgan fingerprint density at radius 3 is 2.89 bits per heavy atom. The number of hydrogen-bond donors (Lipinski definition) is 2. The largest absolute Gasteiger partial charge is 0.385 e. The Morgan fingerprint density at radius 2 is 2.21 bits per heavy atom. The van der Waals surface area contributed by atoms with Crippen LogP contribution in [-0.4, -0.2) is 29.5 Å². The van der Waals surface area contributed by atoms with Crippen molar-refractivity contribution >= 4 is 23.4 Å². The third kappa shape index (κ3) is 3.66. The van der Waals surface area contributed by atoms with E-state index in [9.17, 15) is 4.79 Å². The lowest BCUT2D eigenvalue weighted by Crippen LogP contribution is -2.37. The van der Waals surface area contributed by atoms with Crippen LogP contribution in [0, 0.1) is 0 Å². The molecule has 1 amide bonds. The molecule has 2 N–H and O–H groups in total. The number of thioether (sulfide) groups is 1. The third-order valence-electron chi connectivity index (χ3n) is 3.46. The number of nitrogens with one attached hydrogen (secondary N) is 2. The Balaban J connectivity index is 1.99. The molecule has 1 unspecified atom stereocenters. The summed E-state index contributed by atoms with van der Waals surface area (Å²) in [6, 6.07) is 7.67. The highest BCUT2D eigenvalue weighted by Crippen LogP contribution is 2.37. The van der Waals surface area contributed by atoms with Gasteiger partial charge in [-0.05, 0) is 44.6 Å². The van der Waals surface area contributed by atoms with Crippen LogP contribution < -0.4 is 10.6 Å². The SMILES string of the molecule is CCNc1ccccc1C(=O)NCC1(C)CCCS1. The predicted octanol–water partition coefficient (Wildman–Crippen LogP) is 3.13. The van der Waals surface area contributed by atoms with Gasteiger partial charge in [-0.2, -0.15) is 11.8 Å². The van der Waals surface area contributed by atoms with Gasteiger partial charge in [0.15, 0.2) is 0 Å². The molecule has 1 aromatic carbocycles. The van der Waals surface area contributed by atoms with Gasteiger partial charge in [-0.15, -0.1) is 0 Å². The van der Waals surface area contributed by atoms with Crippen LogP contribution in [0.25, 0.3) is 0 Å². The van der Waals surface area contributed by atoms with E-state index in [2.05, 4.69) is 17.6 Å². The van der Waals surface area contributed by atoms with Crippen molar-refractivity contribution in [3.63, 3.8) is 0 Å². The van der Waals surface area contributed by atoms with E-state index in [1.807, 2.05) is 43.0 Å². The van der Waals surface area contributed by atoms with Gasteiger partial charge in [0.25, 0.3) is 5.91 Å². The lowest BCUT2D eigenvalue weighted by atomic mass is 10.1. The summed E-state index contributed by atoms with van der Waals surface area (Å²) >= 11 is 1.97. The van der Waals surface area contributed by atoms with Crippen molar-refractivity contribution in [2.45, 2.75) is 31.4 Å². The summed E-state index contributed by atoms with van der Waals surface area (Å²) in [7, 11) is 0. The first kappa shape index (κ1) is 14.3. The molecule has 19 heavy (non-hydrogen) atoms. The molecule has 0 aliphatic carbocycles. The monoisotopic (exact) mass is 278 g/mol. The van der Waals surface area contributed by atoms with Gasteiger partial charge in [0.1, 0.15) is 0 Å². The van der Waals surface area contributed by atoms with Crippen LogP contribution in [0.4, 0.5) is 5.69 Å². The molecule has 0 bridgehead atoms. The summed E-state index contributed by atoms with van der Waals surface area (Å²) in [6.07, 6.45) is 2.44. The zero-order valence-electron chi connectivity index (χ0n) is 11.7. The molecule has 4 heteroatoms. The van der Waals surface area contributed by atoms with Gasteiger partial charge in [-0.25, -0.2) is 0 Å². The average molecular weight is 278 g/mol. The molecule has 0 aromatic heterocycles. The van der Waals surface area contributed by atoms with Crippen LogP contribution in [0.2, 0.25) is 0 Å².